The molecule has 0 radical (unpaired) electrons. The molecule has 0 aliphatic heterocycles. The van der Waals surface area contributed by atoms with Crippen molar-refractivity contribution < 1.29 is 15.0 Å². The van der Waals surface area contributed by atoms with Crippen LogP contribution in [0.3, 0.4) is 0 Å². The highest BCUT2D eigenvalue weighted by Gasteiger charge is 2.13. The molecule has 1 aromatic carbocycles. The lowest BCUT2D eigenvalue weighted by Crippen LogP contribution is -2.18. The highest BCUT2D eigenvalue weighted by atomic mass is 79.9. The summed E-state index contributed by atoms with van der Waals surface area (Å²) in [6.45, 7) is 0. The smallest absolute Gasteiger partial charge is 0.289 e. The number of nitrogens with one attached hydrogen (secondary N) is 1. The molecule has 0 unspecified atom stereocenters. The van der Waals surface area contributed by atoms with Gasteiger partial charge in [0, 0.05) is 11.8 Å². The van der Waals surface area contributed by atoms with Crippen LogP contribution in [-0.2, 0) is 0 Å². The van der Waals surface area contributed by atoms with Crippen molar-refractivity contribution in [1.82, 2.24) is 10.4 Å². The molecule has 3 N–H and O–H groups in total. The SMILES string of the molecule is O=C(N/N=C/c1cc(Br)c(O)c(O)c1Br)c1ccccn1. The summed E-state index contributed by atoms with van der Waals surface area (Å²) in [7, 11) is 0. The van der Waals surface area contributed by atoms with Crippen LogP contribution in [0.15, 0.2) is 44.5 Å². The van der Waals surface area contributed by atoms with E-state index in [-0.39, 0.29) is 21.7 Å². The minimum absolute atomic E-state index is 0.239. The maximum absolute atomic E-state index is 11.7. The van der Waals surface area contributed by atoms with Gasteiger partial charge in [-0.05, 0) is 50.1 Å². The van der Waals surface area contributed by atoms with Crippen molar-refractivity contribution in [3.63, 3.8) is 0 Å². The Labute approximate surface area is 136 Å². The Hall–Kier alpha value is -1.93. The number of pyridine rings is 1. The molecule has 0 saturated carbocycles. The molecule has 0 fully saturated rings. The number of aromatic hydroxyl groups is 2. The number of aromatic nitrogens is 1. The van der Waals surface area contributed by atoms with Gasteiger partial charge in [0.1, 0.15) is 5.69 Å². The molecular weight excluding hydrogens is 406 g/mol. The average Bonchev–Trinajstić information content (AvgIpc) is 2.51. The molecule has 108 valence electrons. The lowest BCUT2D eigenvalue weighted by Gasteiger charge is -2.06. The van der Waals surface area contributed by atoms with E-state index >= 15 is 0 Å². The second-order valence-electron chi connectivity index (χ2n) is 3.87. The van der Waals surface area contributed by atoms with Crippen LogP contribution < -0.4 is 5.43 Å². The fraction of sp³-hybridized carbons (Fsp3) is 0. The first-order valence-corrected chi connectivity index (χ1v) is 7.23. The van der Waals surface area contributed by atoms with Crippen LogP contribution in [-0.4, -0.2) is 27.3 Å². The Kier molecular flexibility index (Phi) is 4.92. The summed E-state index contributed by atoms with van der Waals surface area (Å²) in [4.78, 5) is 15.6. The maximum Gasteiger partial charge on any atom is 0.289 e. The summed E-state index contributed by atoms with van der Waals surface area (Å²) in [5.74, 6) is -1.05. The Bertz CT molecular complexity index is 706. The van der Waals surface area contributed by atoms with Crippen molar-refractivity contribution in [3.05, 3.63) is 50.7 Å². The first kappa shape index (κ1) is 15.5. The number of benzene rings is 1. The van der Waals surface area contributed by atoms with E-state index in [0.29, 0.717) is 10.0 Å². The number of hydrogen-bond acceptors (Lipinski definition) is 5. The third-order valence-electron chi connectivity index (χ3n) is 2.46. The fourth-order valence-electron chi connectivity index (χ4n) is 1.43. The summed E-state index contributed by atoms with van der Waals surface area (Å²) in [5, 5.41) is 23.0. The molecule has 21 heavy (non-hydrogen) atoms. The van der Waals surface area contributed by atoms with E-state index in [1.807, 2.05) is 0 Å². The van der Waals surface area contributed by atoms with E-state index in [9.17, 15) is 15.0 Å². The van der Waals surface area contributed by atoms with Crippen LogP contribution in [0.4, 0.5) is 0 Å². The number of amides is 1. The van der Waals surface area contributed by atoms with E-state index in [4.69, 9.17) is 0 Å². The van der Waals surface area contributed by atoms with Gasteiger partial charge in [0.25, 0.3) is 5.91 Å². The Balaban J connectivity index is 2.14. The number of hydrazone groups is 1. The van der Waals surface area contributed by atoms with Crippen LogP contribution in [0.2, 0.25) is 0 Å². The fourth-order valence-corrected chi connectivity index (χ4v) is 2.27. The van der Waals surface area contributed by atoms with Gasteiger partial charge in [0.15, 0.2) is 11.5 Å². The zero-order valence-corrected chi connectivity index (χ0v) is 13.6. The van der Waals surface area contributed by atoms with Crippen LogP contribution >= 0.6 is 31.9 Å². The summed E-state index contributed by atoms with van der Waals surface area (Å²) in [5.41, 5.74) is 3.03. The number of phenols is 2. The Morgan fingerprint density at radius 3 is 2.71 bits per heavy atom. The van der Waals surface area contributed by atoms with Crippen LogP contribution in [0.1, 0.15) is 16.1 Å². The summed E-state index contributed by atoms with van der Waals surface area (Å²) < 4.78 is 0.569. The predicted molar refractivity (Wildman–Crippen MR) is 84.5 cm³/mol. The molecular formula is C13H9Br2N3O3. The van der Waals surface area contributed by atoms with Crippen molar-refractivity contribution in [1.29, 1.82) is 0 Å². The maximum atomic E-state index is 11.7. The van der Waals surface area contributed by atoms with Crippen LogP contribution in [0.25, 0.3) is 0 Å². The minimum Gasteiger partial charge on any atom is -0.503 e. The molecule has 2 aromatic rings. The average molecular weight is 415 g/mol. The monoisotopic (exact) mass is 413 g/mol. The van der Waals surface area contributed by atoms with Gasteiger partial charge in [-0.25, -0.2) is 5.43 Å². The molecule has 6 nitrogen and oxygen atoms in total. The molecule has 1 heterocycles. The first-order chi connectivity index (χ1) is 10.0. The topological polar surface area (TPSA) is 94.8 Å². The standard InChI is InChI=1S/C13H9Br2N3O3/c14-8-5-7(10(15)12(20)11(8)19)6-17-18-13(21)9-3-1-2-4-16-9/h1-6,19-20H,(H,18,21)/b17-6+. The molecule has 8 heteroatoms. The van der Waals surface area contributed by atoms with Gasteiger partial charge in [0.05, 0.1) is 15.2 Å². The second-order valence-corrected chi connectivity index (χ2v) is 5.52. The lowest BCUT2D eigenvalue weighted by atomic mass is 10.2. The van der Waals surface area contributed by atoms with Crippen molar-refractivity contribution in [2.45, 2.75) is 0 Å². The van der Waals surface area contributed by atoms with E-state index in [1.165, 1.54) is 18.5 Å². The lowest BCUT2D eigenvalue weighted by molar-refractivity contribution is 0.0950. The molecule has 0 aliphatic carbocycles. The zero-order chi connectivity index (χ0) is 15.4. The van der Waals surface area contributed by atoms with Gasteiger partial charge >= 0.3 is 0 Å². The quantitative estimate of drug-likeness (QED) is 0.409. The molecule has 0 bridgehead atoms. The highest BCUT2D eigenvalue weighted by molar-refractivity contribution is 9.11. The number of phenolic OH excluding ortho intramolecular Hbond substituents is 2. The third-order valence-corrected chi connectivity index (χ3v) is 3.90. The van der Waals surface area contributed by atoms with E-state index < -0.39 is 5.91 Å². The number of carbonyl (C=O) groups is 1. The Morgan fingerprint density at radius 2 is 2.05 bits per heavy atom. The predicted octanol–water partition coefficient (Wildman–Crippen LogP) is 2.78. The normalized spacial score (nSPS) is 10.8. The number of hydrogen-bond donors (Lipinski definition) is 3. The van der Waals surface area contributed by atoms with Crippen LogP contribution in [0, 0.1) is 0 Å². The van der Waals surface area contributed by atoms with Gasteiger partial charge in [0.2, 0.25) is 0 Å². The molecule has 0 saturated heterocycles. The summed E-state index contributed by atoms with van der Waals surface area (Å²) >= 11 is 6.23. The third kappa shape index (κ3) is 3.59. The van der Waals surface area contributed by atoms with E-state index in [1.54, 1.807) is 18.2 Å². The number of halogens is 2. The van der Waals surface area contributed by atoms with Crippen molar-refractivity contribution in [2.75, 3.05) is 0 Å². The molecule has 1 aromatic heterocycles. The molecule has 0 aliphatic rings. The summed E-state index contributed by atoms with van der Waals surface area (Å²) in [6, 6.07) is 6.49. The van der Waals surface area contributed by atoms with Crippen LogP contribution in [0.5, 0.6) is 11.5 Å². The van der Waals surface area contributed by atoms with Crippen molar-refractivity contribution >= 4 is 44.0 Å². The molecule has 0 spiro atoms. The zero-order valence-electron chi connectivity index (χ0n) is 10.4. The van der Waals surface area contributed by atoms with Gasteiger partial charge in [-0.3, -0.25) is 9.78 Å². The minimum atomic E-state index is -0.454. The Morgan fingerprint density at radius 1 is 1.29 bits per heavy atom. The van der Waals surface area contributed by atoms with Gasteiger partial charge in [-0.15, -0.1) is 0 Å². The number of nitrogens with zero attached hydrogens (tertiary/aromatic N) is 2. The molecule has 2 rings (SSSR count). The molecule has 0 atom stereocenters. The van der Waals surface area contributed by atoms with Crippen molar-refractivity contribution in [2.24, 2.45) is 5.10 Å². The second kappa shape index (κ2) is 6.68. The highest BCUT2D eigenvalue weighted by Crippen LogP contribution is 2.40. The summed E-state index contributed by atoms with van der Waals surface area (Å²) in [6.07, 6.45) is 2.83. The van der Waals surface area contributed by atoms with E-state index in [2.05, 4.69) is 47.4 Å². The first-order valence-electron chi connectivity index (χ1n) is 5.65. The van der Waals surface area contributed by atoms with E-state index in [0.717, 1.165) is 0 Å². The largest absolute Gasteiger partial charge is 0.503 e. The van der Waals surface area contributed by atoms with Gasteiger partial charge in [-0.1, -0.05) is 6.07 Å². The van der Waals surface area contributed by atoms with Gasteiger partial charge in [-0.2, -0.15) is 5.10 Å². The number of rotatable bonds is 3. The van der Waals surface area contributed by atoms with Gasteiger partial charge < -0.3 is 10.2 Å². The number of carbonyl (C=O) groups excluding carboxylic acids is 1. The van der Waals surface area contributed by atoms with Crippen molar-refractivity contribution in [3.8, 4) is 11.5 Å². The molecule has 1 amide bonds.